The molecule has 0 aliphatic heterocycles. The van der Waals surface area contributed by atoms with Gasteiger partial charge in [0.15, 0.2) is 0 Å². The van der Waals surface area contributed by atoms with Gasteiger partial charge in [0.2, 0.25) is 0 Å². The summed E-state index contributed by atoms with van der Waals surface area (Å²) < 4.78 is 22.4. The van der Waals surface area contributed by atoms with Gasteiger partial charge in [-0.25, -0.2) is 9.59 Å². The van der Waals surface area contributed by atoms with Gasteiger partial charge < -0.3 is 24.1 Å². The number of hydrogen-bond acceptors (Lipinski definition) is 7. The molecule has 7 nitrogen and oxygen atoms in total. The third-order valence-electron chi connectivity index (χ3n) is 9.06. The Morgan fingerprint density at radius 1 is 0.810 bits per heavy atom. The van der Waals surface area contributed by atoms with Gasteiger partial charge in [-0.1, -0.05) is 58.6 Å². The normalized spacial score (nSPS) is 22.1. The molecule has 0 unspecified atom stereocenters. The van der Waals surface area contributed by atoms with Crippen LogP contribution in [-0.4, -0.2) is 50.1 Å². The average Bonchev–Trinajstić information content (AvgIpc) is 3.02. The predicted octanol–water partition coefficient (Wildman–Crippen LogP) is 7.10. The summed E-state index contributed by atoms with van der Waals surface area (Å²) in [5.41, 5.74) is 1.90. The number of unbranched alkanes of at least 4 members (excludes halogenated alkanes) is 2. The second-order valence-corrected chi connectivity index (χ2v) is 11.8. The summed E-state index contributed by atoms with van der Waals surface area (Å²) >= 11 is 0. The van der Waals surface area contributed by atoms with Gasteiger partial charge in [-0.15, -0.1) is 0 Å². The Morgan fingerprint density at radius 3 is 1.93 bits per heavy atom. The molecule has 234 valence electrons. The zero-order valence-corrected chi connectivity index (χ0v) is 25.7. The lowest BCUT2D eigenvalue weighted by Gasteiger charge is -2.38. The molecule has 1 aromatic carbocycles. The van der Waals surface area contributed by atoms with Gasteiger partial charge in [-0.2, -0.15) is 0 Å². The standard InChI is InChI=1S/C35H52O7/c1-4-7-8-9-26-10-12-27(13-11-26)28-14-16-29(17-15-28)31-25-32(39-20-22-41-34(37)5-2)30(18-19-36)24-33(31)40-21-23-42-35(38)6-3/h5-6,24-29,36H,2-4,7-23H2,1H3. The van der Waals surface area contributed by atoms with Crippen LogP contribution in [0.25, 0.3) is 0 Å². The summed E-state index contributed by atoms with van der Waals surface area (Å²) in [6.07, 6.45) is 18.3. The molecule has 0 amide bonds. The van der Waals surface area contributed by atoms with Gasteiger partial charge in [-0.3, -0.25) is 0 Å². The predicted molar refractivity (Wildman–Crippen MR) is 165 cm³/mol. The first kappa shape index (κ1) is 33.7. The third kappa shape index (κ3) is 10.8. The summed E-state index contributed by atoms with van der Waals surface area (Å²) in [5, 5.41) is 9.71. The molecule has 2 saturated carbocycles. The highest BCUT2D eigenvalue weighted by Gasteiger charge is 2.32. The Kier molecular flexibility index (Phi) is 15.0. The first-order chi connectivity index (χ1) is 20.5. The largest absolute Gasteiger partial charge is 0.490 e. The van der Waals surface area contributed by atoms with E-state index in [0.29, 0.717) is 18.1 Å². The van der Waals surface area contributed by atoms with E-state index in [1.807, 2.05) is 12.1 Å². The summed E-state index contributed by atoms with van der Waals surface area (Å²) in [5.74, 6) is 3.37. The number of aliphatic hydroxyl groups is 1. The second kappa shape index (κ2) is 18.7. The van der Waals surface area contributed by atoms with E-state index in [0.717, 1.165) is 59.6 Å². The van der Waals surface area contributed by atoms with Crippen molar-refractivity contribution in [1.82, 2.24) is 0 Å². The van der Waals surface area contributed by atoms with E-state index in [4.69, 9.17) is 18.9 Å². The lowest BCUT2D eigenvalue weighted by molar-refractivity contribution is -0.139. The fourth-order valence-electron chi connectivity index (χ4n) is 6.75. The maximum absolute atomic E-state index is 11.5. The minimum absolute atomic E-state index is 0.0382. The smallest absolute Gasteiger partial charge is 0.330 e. The molecule has 2 aliphatic carbocycles. The number of aliphatic hydroxyl groups excluding tert-OH is 1. The Labute approximate surface area is 252 Å². The van der Waals surface area contributed by atoms with E-state index in [9.17, 15) is 14.7 Å². The first-order valence-electron chi connectivity index (χ1n) is 16.1. The van der Waals surface area contributed by atoms with Crippen molar-refractivity contribution < 1.29 is 33.6 Å². The van der Waals surface area contributed by atoms with Crippen LogP contribution in [0.4, 0.5) is 0 Å². The number of rotatable bonds is 18. The molecule has 0 spiro atoms. The van der Waals surface area contributed by atoms with Crippen molar-refractivity contribution in [2.45, 2.75) is 96.3 Å². The number of carbonyl (C=O) groups is 2. The van der Waals surface area contributed by atoms with Crippen molar-refractivity contribution in [1.29, 1.82) is 0 Å². The second-order valence-electron chi connectivity index (χ2n) is 11.8. The van der Waals surface area contributed by atoms with Crippen LogP contribution < -0.4 is 9.47 Å². The molecule has 0 saturated heterocycles. The van der Waals surface area contributed by atoms with Crippen LogP contribution in [0, 0.1) is 17.8 Å². The highest BCUT2D eigenvalue weighted by molar-refractivity contribution is 5.81. The zero-order valence-electron chi connectivity index (χ0n) is 25.7. The Balaban J connectivity index is 1.66. The van der Waals surface area contributed by atoms with Crippen LogP contribution in [-0.2, 0) is 25.5 Å². The number of carbonyl (C=O) groups excluding carboxylic acids is 2. The summed E-state index contributed by atoms with van der Waals surface area (Å²) in [4.78, 5) is 22.9. The van der Waals surface area contributed by atoms with Crippen molar-refractivity contribution in [3.05, 3.63) is 48.6 Å². The van der Waals surface area contributed by atoms with Crippen LogP contribution >= 0.6 is 0 Å². The lowest BCUT2D eigenvalue weighted by Crippen LogP contribution is -2.25. The van der Waals surface area contributed by atoms with Crippen LogP contribution in [0.2, 0.25) is 0 Å². The molecular weight excluding hydrogens is 532 g/mol. The van der Waals surface area contributed by atoms with Gasteiger partial charge >= 0.3 is 11.9 Å². The van der Waals surface area contributed by atoms with Crippen molar-refractivity contribution in [3.63, 3.8) is 0 Å². The minimum Gasteiger partial charge on any atom is -0.490 e. The van der Waals surface area contributed by atoms with Gasteiger partial charge in [0.1, 0.15) is 37.9 Å². The number of benzene rings is 1. The van der Waals surface area contributed by atoms with Crippen molar-refractivity contribution in [2.75, 3.05) is 33.0 Å². The first-order valence-corrected chi connectivity index (χ1v) is 16.1. The molecule has 42 heavy (non-hydrogen) atoms. The molecule has 0 radical (unpaired) electrons. The third-order valence-corrected chi connectivity index (χ3v) is 9.06. The molecule has 1 aromatic rings. The Bertz CT molecular complexity index is 987. The van der Waals surface area contributed by atoms with Crippen molar-refractivity contribution in [3.8, 4) is 11.5 Å². The van der Waals surface area contributed by atoms with E-state index in [2.05, 4.69) is 20.1 Å². The van der Waals surface area contributed by atoms with Crippen LogP contribution in [0.5, 0.6) is 11.5 Å². The fourth-order valence-corrected chi connectivity index (χ4v) is 6.75. The molecule has 2 aliphatic rings. The van der Waals surface area contributed by atoms with E-state index >= 15 is 0 Å². The molecule has 0 aromatic heterocycles. The average molecular weight is 585 g/mol. The molecule has 1 N–H and O–H groups in total. The van der Waals surface area contributed by atoms with E-state index in [1.54, 1.807) is 0 Å². The fraction of sp³-hybridized carbons (Fsp3) is 0.657. The van der Waals surface area contributed by atoms with E-state index < -0.39 is 11.9 Å². The molecule has 0 atom stereocenters. The highest BCUT2D eigenvalue weighted by Crippen LogP contribution is 2.47. The Hall–Kier alpha value is -2.80. The van der Waals surface area contributed by atoms with E-state index in [-0.39, 0.29) is 33.0 Å². The summed E-state index contributed by atoms with van der Waals surface area (Å²) in [6.45, 7) is 9.75. The van der Waals surface area contributed by atoms with Crippen LogP contribution in [0.1, 0.15) is 101 Å². The van der Waals surface area contributed by atoms with E-state index in [1.165, 1.54) is 64.2 Å². The topological polar surface area (TPSA) is 91.3 Å². The maximum atomic E-state index is 11.5. The quantitative estimate of drug-likeness (QED) is 0.112. The van der Waals surface area contributed by atoms with Gasteiger partial charge in [0.25, 0.3) is 0 Å². The Morgan fingerprint density at radius 2 is 1.38 bits per heavy atom. The van der Waals surface area contributed by atoms with Crippen molar-refractivity contribution >= 4 is 11.9 Å². The molecule has 3 rings (SSSR count). The maximum Gasteiger partial charge on any atom is 0.330 e. The monoisotopic (exact) mass is 584 g/mol. The van der Waals surface area contributed by atoms with Crippen LogP contribution in [0.3, 0.4) is 0 Å². The number of hydrogen-bond donors (Lipinski definition) is 1. The molecule has 0 bridgehead atoms. The molecular formula is C35H52O7. The summed E-state index contributed by atoms with van der Waals surface area (Å²) in [6, 6.07) is 3.98. The van der Waals surface area contributed by atoms with Gasteiger partial charge in [-0.05, 0) is 80.8 Å². The molecule has 0 heterocycles. The number of ether oxygens (including phenoxy) is 4. The van der Waals surface area contributed by atoms with Crippen molar-refractivity contribution in [2.24, 2.45) is 17.8 Å². The lowest BCUT2D eigenvalue weighted by atomic mass is 9.68. The molecule has 7 heteroatoms. The van der Waals surface area contributed by atoms with Gasteiger partial charge in [0.05, 0.1) is 0 Å². The zero-order chi connectivity index (χ0) is 30.2. The minimum atomic E-state index is -0.488. The number of esters is 2. The highest BCUT2D eigenvalue weighted by atomic mass is 16.6. The van der Waals surface area contributed by atoms with Gasteiger partial charge in [0, 0.05) is 29.9 Å². The summed E-state index contributed by atoms with van der Waals surface area (Å²) in [7, 11) is 0. The van der Waals surface area contributed by atoms with Crippen LogP contribution in [0.15, 0.2) is 37.4 Å². The molecule has 2 fully saturated rings. The SMILES string of the molecule is C=CC(=O)OCCOc1cc(C2CCC(C3CCC(CCCCC)CC3)CC2)c(OCCOC(=O)C=C)cc1CCO.